The number of hydrogen-bond donors (Lipinski definition) is 1. The van der Waals surface area contributed by atoms with Gasteiger partial charge in [-0.1, -0.05) is 0 Å². The first kappa shape index (κ1) is 12.1. The number of benzene rings is 1. The molecular formula is C13H13FN4S. The Morgan fingerprint density at radius 3 is 2.95 bits per heavy atom. The summed E-state index contributed by atoms with van der Waals surface area (Å²) in [4.78, 5) is 7.04. The Hall–Kier alpha value is -1.95. The van der Waals surface area contributed by atoms with E-state index in [2.05, 4.69) is 9.97 Å². The minimum atomic E-state index is -0.217. The predicted molar refractivity (Wildman–Crippen MR) is 74.0 cm³/mol. The zero-order chi connectivity index (χ0) is 13.4. The van der Waals surface area contributed by atoms with Crippen LogP contribution in [-0.2, 0) is 13.1 Å². The van der Waals surface area contributed by atoms with Gasteiger partial charge in [-0.2, -0.15) is 0 Å². The molecule has 0 fully saturated rings. The van der Waals surface area contributed by atoms with Crippen LogP contribution in [0.5, 0.6) is 0 Å². The third-order valence-electron chi connectivity index (χ3n) is 3.20. The van der Waals surface area contributed by atoms with Gasteiger partial charge in [0.05, 0.1) is 17.4 Å². The molecule has 3 aromatic rings. The van der Waals surface area contributed by atoms with Crippen LogP contribution in [0.15, 0.2) is 30.9 Å². The summed E-state index contributed by atoms with van der Waals surface area (Å²) in [6, 6.07) is 3.32. The van der Waals surface area contributed by atoms with Crippen molar-refractivity contribution < 1.29 is 4.39 Å². The number of hydrogen-bond acceptors (Lipinski definition) is 2. The molecule has 0 spiro atoms. The topological polar surface area (TPSA) is 38.5 Å². The van der Waals surface area contributed by atoms with Crippen molar-refractivity contribution >= 4 is 23.3 Å². The average Bonchev–Trinajstić information content (AvgIpc) is 2.96. The van der Waals surface area contributed by atoms with Gasteiger partial charge in [0.1, 0.15) is 5.82 Å². The lowest BCUT2D eigenvalue weighted by atomic mass is 10.2. The van der Waals surface area contributed by atoms with E-state index in [1.165, 1.54) is 6.07 Å². The maximum atomic E-state index is 13.5. The summed E-state index contributed by atoms with van der Waals surface area (Å²) >= 11 is 5.29. The number of halogens is 1. The molecule has 0 unspecified atom stereocenters. The number of aryl methyl sites for hydroxylation is 3. The Balaban J connectivity index is 2.00. The minimum Gasteiger partial charge on any atom is -0.336 e. The number of fused-ring (bicyclic) bond motifs is 1. The van der Waals surface area contributed by atoms with E-state index in [4.69, 9.17) is 12.2 Å². The molecule has 98 valence electrons. The summed E-state index contributed by atoms with van der Waals surface area (Å²) < 4.78 is 18.1. The quantitative estimate of drug-likeness (QED) is 0.747. The summed E-state index contributed by atoms with van der Waals surface area (Å²) in [7, 11) is 0. The third-order valence-corrected chi connectivity index (χ3v) is 3.52. The molecule has 0 aliphatic carbocycles. The number of H-pyrrole nitrogens is 1. The van der Waals surface area contributed by atoms with E-state index >= 15 is 0 Å². The second-order valence-electron chi connectivity index (χ2n) is 4.50. The summed E-state index contributed by atoms with van der Waals surface area (Å²) in [5, 5.41) is 0. The largest absolute Gasteiger partial charge is 0.336 e. The van der Waals surface area contributed by atoms with Gasteiger partial charge in [0.25, 0.3) is 0 Å². The van der Waals surface area contributed by atoms with E-state index in [-0.39, 0.29) is 5.82 Å². The van der Waals surface area contributed by atoms with Crippen molar-refractivity contribution in [1.29, 1.82) is 0 Å². The Morgan fingerprint density at radius 1 is 1.37 bits per heavy atom. The molecule has 0 radical (unpaired) electrons. The minimum absolute atomic E-state index is 0.217. The van der Waals surface area contributed by atoms with Crippen molar-refractivity contribution in [2.75, 3.05) is 0 Å². The monoisotopic (exact) mass is 276 g/mol. The van der Waals surface area contributed by atoms with Gasteiger partial charge in [-0.25, -0.2) is 9.37 Å². The summed E-state index contributed by atoms with van der Waals surface area (Å²) in [6.45, 7) is 3.25. The molecule has 6 heteroatoms. The van der Waals surface area contributed by atoms with Gasteiger partial charge in [0.15, 0.2) is 4.77 Å². The van der Waals surface area contributed by atoms with E-state index in [0.717, 1.165) is 24.1 Å². The normalized spacial score (nSPS) is 11.3. The number of nitrogens with zero attached hydrogens (tertiary/aromatic N) is 3. The maximum absolute atomic E-state index is 13.5. The first-order chi connectivity index (χ1) is 9.15. The van der Waals surface area contributed by atoms with Crippen molar-refractivity contribution in [2.45, 2.75) is 20.0 Å². The fourth-order valence-electron chi connectivity index (χ4n) is 2.14. The van der Waals surface area contributed by atoms with Crippen molar-refractivity contribution in [3.8, 4) is 0 Å². The first-order valence-corrected chi connectivity index (χ1v) is 6.40. The summed E-state index contributed by atoms with van der Waals surface area (Å²) in [6.07, 6.45) is 5.42. The van der Waals surface area contributed by atoms with Crippen molar-refractivity contribution in [1.82, 2.24) is 19.1 Å². The summed E-state index contributed by atoms with van der Waals surface area (Å²) in [5.41, 5.74) is 2.29. The average molecular weight is 276 g/mol. The van der Waals surface area contributed by atoms with E-state index in [9.17, 15) is 4.39 Å². The van der Waals surface area contributed by atoms with Gasteiger partial charge in [-0.05, 0) is 36.8 Å². The van der Waals surface area contributed by atoms with Crippen LogP contribution in [-0.4, -0.2) is 19.1 Å². The van der Waals surface area contributed by atoms with Gasteiger partial charge in [-0.3, -0.25) is 0 Å². The van der Waals surface area contributed by atoms with Gasteiger partial charge in [-0.15, -0.1) is 0 Å². The number of rotatable bonds is 3. The molecule has 2 heterocycles. The Morgan fingerprint density at radius 2 is 2.21 bits per heavy atom. The zero-order valence-corrected chi connectivity index (χ0v) is 11.2. The molecule has 0 aliphatic heterocycles. The van der Waals surface area contributed by atoms with Crippen LogP contribution in [0.1, 0.15) is 5.56 Å². The lowest BCUT2D eigenvalue weighted by Gasteiger charge is -2.06. The van der Waals surface area contributed by atoms with Crippen LogP contribution < -0.4 is 0 Å². The van der Waals surface area contributed by atoms with Gasteiger partial charge >= 0.3 is 0 Å². The van der Waals surface area contributed by atoms with Gasteiger partial charge in [0.2, 0.25) is 0 Å². The second-order valence-corrected chi connectivity index (χ2v) is 4.89. The van der Waals surface area contributed by atoms with Crippen molar-refractivity contribution in [3.63, 3.8) is 0 Å². The van der Waals surface area contributed by atoms with E-state index in [1.807, 2.05) is 21.4 Å². The highest BCUT2D eigenvalue weighted by atomic mass is 32.1. The Kier molecular flexibility index (Phi) is 2.94. The smallest absolute Gasteiger partial charge is 0.178 e. The zero-order valence-electron chi connectivity index (χ0n) is 10.4. The molecule has 19 heavy (non-hydrogen) atoms. The second kappa shape index (κ2) is 4.62. The number of aromatic amines is 1. The molecule has 1 aromatic carbocycles. The molecule has 0 saturated carbocycles. The lowest BCUT2D eigenvalue weighted by Crippen LogP contribution is -2.06. The van der Waals surface area contributed by atoms with E-state index < -0.39 is 0 Å². The van der Waals surface area contributed by atoms with Crippen LogP contribution in [0.4, 0.5) is 4.39 Å². The third kappa shape index (κ3) is 2.19. The molecule has 0 amide bonds. The molecule has 0 bridgehead atoms. The highest BCUT2D eigenvalue weighted by Crippen LogP contribution is 2.19. The van der Waals surface area contributed by atoms with Crippen LogP contribution in [0.3, 0.4) is 0 Å². The highest BCUT2D eigenvalue weighted by molar-refractivity contribution is 7.71. The fourth-order valence-corrected chi connectivity index (χ4v) is 2.44. The van der Waals surface area contributed by atoms with Crippen molar-refractivity contribution in [3.05, 3.63) is 47.0 Å². The van der Waals surface area contributed by atoms with Gasteiger partial charge in [0, 0.05) is 25.5 Å². The highest BCUT2D eigenvalue weighted by Gasteiger charge is 2.07. The number of imidazole rings is 2. The number of nitrogens with one attached hydrogen (secondary N) is 1. The Labute approximate surface area is 114 Å². The molecular weight excluding hydrogens is 263 g/mol. The number of aromatic nitrogens is 4. The maximum Gasteiger partial charge on any atom is 0.178 e. The summed E-state index contributed by atoms with van der Waals surface area (Å²) in [5.74, 6) is -0.217. The molecule has 3 rings (SSSR count). The van der Waals surface area contributed by atoms with Crippen LogP contribution in [0.25, 0.3) is 11.0 Å². The van der Waals surface area contributed by atoms with Crippen molar-refractivity contribution in [2.24, 2.45) is 0 Å². The molecule has 4 nitrogen and oxygen atoms in total. The predicted octanol–water partition coefficient (Wildman–Crippen LogP) is 3.04. The van der Waals surface area contributed by atoms with Gasteiger partial charge < -0.3 is 14.1 Å². The Bertz CT molecular complexity index is 770. The SMILES string of the molecule is Cc1cc2c(cc1F)[nH]c(=S)n2CCn1ccnc1. The van der Waals surface area contributed by atoms with Crippen LogP contribution in [0, 0.1) is 17.5 Å². The molecule has 0 aliphatic rings. The standard InChI is InChI=1S/C13H13FN4S/c1-9-6-12-11(7-10(9)14)16-13(19)18(12)5-4-17-3-2-15-8-17/h2-3,6-8H,4-5H2,1H3,(H,16,19). The van der Waals surface area contributed by atoms with E-state index in [1.54, 1.807) is 19.4 Å². The molecule has 2 aromatic heterocycles. The molecule has 0 atom stereocenters. The van der Waals surface area contributed by atoms with Crippen LogP contribution >= 0.6 is 12.2 Å². The van der Waals surface area contributed by atoms with E-state index in [0.29, 0.717) is 10.3 Å². The molecule has 1 N–H and O–H groups in total. The first-order valence-electron chi connectivity index (χ1n) is 5.99. The lowest BCUT2D eigenvalue weighted by molar-refractivity contribution is 0.584. The molecule has 0 saturated heterocycles. The fraction of sp³-hybridized carbons (Fsp3) is 0.231. The van der Waals surface area contributed by atoms with Crippen LogP contribution in [0.2, 0.25) is 0 Å².